The number of rotatable bonds is 9. The second-order valence-electron chi connectivity index (χ2n) is 8.98. The van der Waals surface area contributed by atoms with Crippen LogP contribution in [0.3, 0.4) is 0 Å². The Balaban J connectivity index is 1.51. The molecule has 1 fully saturated rings. The first-order valence-corrected chi connectivity index (χ1v) is 11.7. The van der Waals surface area contributed by atoms with Gasteiger partial charge >= 0.3 is 0 Å². The third-order valence-electron chi connectivity index (χ3n) is 6.08. The lowest BCUT2D eigenvalue weighted by Crippen LogP contribution is -2.26. The number of benzene rings is 1. The number of ether oxygens (including phenoxy) is 1. The lowest BCUT2D eigenvalue weighted by atomic mass is 10.1. The molecule has 0 aliphatic heterocycles. The van der Waals surface area contributed by atoms with Crippen LogP contribution >= 0.6 is 0 Å². The molecule has 1 aliphatic rings. The molecule has 1 unspecified atom stereocenters. The van der Waals surface area contributed by atoms with Gasteiger partial charge in [0.25, 0.3) is 5.56 Å². The zero-order chi connectivity index (χ0) is 24.5. The zero-order valence-corrected chi connectivity index (χ0v) is 19.8. The van der Waals surface area contributed by atoms with E-state index in [0.717, 1.165) is 40.7 Å². The molecule has 1 atom stereocenters. The van der Waals surface area contributed by atoms with Crippen molar-refractivity contribution in [3.8, 4) is 17.1 Å². The second kappa shape index (κ2) is 9.47. The third kappa shape index (κ3) is 4.89. The average Bonchev–Trinajstić information content (AvgIpc) is 3.60. The van der Waals surface area contributed by atoms with Gasteiger partial charge in [-0.05, 0) is 50.5 Å². The Bertz CT molecular complexity index is 1420. The number of hydrogen-bond donors (Lipinski definition) is 4. The molecule has 3 heterocycles. The number of aromatic nitrogens is 5. The number of H-pyrrole nitrogens is 1. The third-order valence-corrected chi connectivity index (χ3v) is 6.08. The van der Waals surface area contributed by atoms with Crippen LogP contribution in [-0.4, -0.2) is 49.1 Å². The van der Waals surface area contributed by atoms with Crippen molar-refractivity contribution in [2.24, 2.45) is 5.73 Å². The minimum absolute atomic E-state index is 0.103. The van der Waals surface area contributed by atoms with Gasteiger partial charge in [0, 0.05) is 29.9 Å². The van der Waals surface area contributed by atoms with Gasteiger partial charge in [-0.2, -0.15) is 5.10 Å². The van der Waals surface area contributed by atoms with Gasteiger partial charge in [-0.3, -0.25) is 4.79 Å². The Morgan fingerprint density at radius 2 is 2.11 bits per heavy atom. The predicted octanol–water partition coefficient (Wildman–Crippen LogP) is 2.44. The Morgan fingerprint density at radius 1 is 1.29 bits per heavy atom. The standard InChI is InChI=1S/C25H29N7O3/c1-14-8-15(2)29-25(34)20(14)11-27-23-21-12-28-32(17-6-7-17)24(21)31-22(30-23)16-4-3-5-19(9-16)35-13-18(33)10-26/h3-5,8-9,12,17-18,33H,6-7,10-11,13,26H2,1-2H3,(H,29,34)(H,27,30,31). The van der Waals surface area contributed by atoms with Crippen molar-refractivity contribution in [2.75, 3.05) is 18.5 Å². The molecule has 0 saturated heterocycles. The molecule has 0 bridgehead atoms. The van der Waals surface area contributed by atoms with Crippen molar-refractivity contribution < 1.29 is 9.84 Å². The summed E-state index contributed by atoms with van der Waals surface area (Å²) >= 11 is 0. The van der Waals surface area contributed by atoms with Crippen LogP contribution in [0, 0.1) is 13.8 Å². The highest BCUT2D eigenvalue weighted by Gasteiger charge is 2.28. The van der Waals surface area contributed by atoms with Gasteiger partial charge < -0.3 is 25.9 Å². The first kappa shape index (κ1) is 23.0. The summed E-state index contributed by atoms with van der Waals surface area (Å²) in [6, 6.07) is 9.71. The fraction of sp³-hybridized carbons (Fsp3) is 0.360. The molecule has 4 aromatic rings. The molecule has 5 N–H and O–H groups in total. The van der Waals surface area contributed by atoms with Crippen LogP contribution in [0.15, 0.2) is 41.3 Å². The molecular formula is C25H29N7O3. The lowest BCUT2D eigenvalue weighted by molar-refractivity contribution is 0.114. The molecule has 182 valence electrons. The fourth-order valence-electron chi connectivity index (χ4n) is 4.03. The summed E-state index contributed by atoms with van der Waals surface area (Å²) in [6.45, 7) is 4.35. The summed E-state index contributed by atoms with van der Waals surface area (Å²) < 4.78 is 7.63. The molecule has 1 aliphatic carbocycles. The van der Waals surface area contributed by atoms with E-state index in [1.807, 2.05) is 48.9 Å². The Labute approximate surface area is 202 Å². The predicted molar refractivity (Wildman–Crippen MR) is 133 cm³/mol. The molecule has 1 saturated carbocycles. The van der Waals surface area contributed by atoms with Crippen LogP contribution < -0.4 is 21.3 Å². The molecule has 0 spiro atoms. The van der Waals surface area contributed by atoms with Gasteiger partial charge in [-0.25, -0.2) is 14.6 Å². The van der Waals surface area contributed by atoms with Gasteiger partial charge in [0.2, 0.25) is 0 Å². The van der Waals surface area contributed by atoms with Crippen molar-refractivity contribution in [1.82, 2.24) is 24.7 Å². The second-order valence-corrected chi connectivity index (χ2v) is 8.98. The van der Waals surface area contributed by atoms with Crippen LogP contribution in [0.1, 0.15) is 35.7 Å². The largest absolute Gasteiger partial charge is 0.491 e. The number of aromatic amines is 1. The number of nitrogens with two attached hydrogens (primary N) is 1. The Morgan fingerprint density at radius 3 is 2.86 bits per heavy atom. The van der Waals surface area contributed by atoms with Gasteiger partial charge in [-0.15, -0.1) is 0 Å². The summed E-state index contributed by atoms with van der Waals surface area (Å²) in [5.74, 6) is 1.72. The van der Waals surface area contributed by atoms with E-state index in [4.69, 9.17) is 20.4 Å². The van der Waals surface area contributed by atoms with Crippen LogP contribution in [0.5, 0.6) is 5.75 Å². The number of anilines is 1. The van der Waals surface area contributed by atoms with Crippen LogP contribution in [0.25, 0.3) is 22.4 Å². The maximum absolute atomic E-state index is 12.5. The van der Waals surface area contributed by atoms with Crippen molar-refractivity contribution in [1.29, 1.82) is 0 Å². The molecule has 1 aromatic carbocycles. The van der Waals surface area contributed by atoms with Crippen LogP contribution in [0.2, 0.25) is 0 Å². The van der Waals surface area contributed by atoms with Gasteiger partial charge in [-0.1, -0.05) is 12.1 Å². The quantitative estimate of drug-likeness (QED) is 0.289. The smallest absolute Gasteiger partial charge is 0.253 e. The summed E-state index contributed by atoms with van der Waals surface area (Å²) in [5, 5.41) is 18.4. The first-order valence-electron chi connectivity index (χ1n) is 11.7. The molecule has 0 amide bonds. The number of hydrogen-bond acceptors (Lipinski definition) is 8. The van der Waals surface area contributed by atoms with Gasteiger partial charge in [0.1, 0.15) is 24.3 Å². The highest BCUT2D eigenvalue weighted by atomic mass is 16.5. The maximum Gasteiger partial charge on any atom is 0.253 e. The SMILES string of the molecule is Cc1cc(C)c(CNc2nc(-c3cccc(OCC(O)CN)c3)nc3c2cnn3C2CC2)c(=O)[nH]1. The first-order chi connectivity index (χ1) is 16.9. The average molecular weight is 476 g/mol. The lowest BCUT2D eigenvalue weighted by Gasteiger charge is -2.13. The van der Waals surface area contributed by atoms with Crippen molar-refractivity contribution >= 4 is 16.9 Å². The van der Waals surface area contributed by atoms with E-state index in [2.05, 4.69) is 15.4 Å². The highest BCUT2D eigenvalue weighted by molar-refractivity contribution is 5.88. The van der Waals surface area contributed by atoms with Gasteiger partial charge in [0.15, 0.2) is 11.5 Å². The van der Waals surface area contributed by atoms with Crippen molar-refractivity contribution in [2.45, 2.75) is 45.4 Å². The minimum Gasteiger partial charge on any atom is -0.491 e. The van der Waals surface area contributed by atoms with Crippen molar-refractivity contribution in [3.05, 3.63) is 63.7 Å². The summed E-state index contributed by atoms with van der Waals surface area (Å²) in [7, 11) is 0. The molecule has 10 heteroatoms. The van der Waals surface area contributed by atoms with Crippen molar-refractivity contribution in [3.63, 3.8) is 0 Å². The summed E-state index contributed by atoms with van der Waals surface area (Å²) in [6.07, 6.45) is 3.19. The van der Waals surface area contributed by atoms with Crippen LogP contribution in [0.4, 0.5) is 5.82 Å². The number of pyridine rings is 1. The van der Waals surface area contributed by atoms with Crippen LogP contribution in [-0.2, 0) is 6.54 Å². The van der Waals surface area contributed by atoms with Gasteiger partial charge in [0.05, 0.1) is 17.6 Å². The number of nitrogens with one attached hydrogen (secondary N) is 2. The van der Waals surface area contributed by atoms with E-state index in [1.54, 1.807) is 6.20 Å². The Kier molecular flexibility index (Phi) is 6.23. The monoisotopic (exact) mass is 475 g/mol. The van der Waals surface area contributed by atoms with E-state index < -0.39 is 6.10 Å². The summed E-state index contributed by atoms with van der Waals surface area (Å²) in [4.78, 5) is 25.0. The number of fused-ring (bicyclic) bond motifs is 1. The number of aliphatic hydroxyl groups excluding tert-OH is 1. The van der Waals surface area contributed by atoms with E-state index in [-0.39, 0.29) is 18.7 Å². The summed E-state index contributed by atoms with van der Waals surface area (Å²) in [5.41, 5.74) is 9.28. The van der Waals surface area contributed by atoms with E-state index in [1.165, 1.54) is 0 Å². The molecule has 5 rings (SSSR count). The minimum atomic E-state index is -0.733. The van der Waals surface area contributed by atoms with E-state index >= 15 is 0 Å². The molecule has 0 radical (unpaired) electrons. The zero-order valence-electron chi connectivity index (χ0n) is 19.8. The van der Waals surface area contributed by atoms with E-state index in [9.17, 15) is 9.90 Å². The number of aryl methyl sites for hydroxylation is 2. The number of aliphatic hydroxyl groups is 1. The molecule has 3 aromatic heterocycles. The molecule has 10 nitrogen and oxygen atoms in total. The highest BCUT2D eigenvalue weighted by Crippen LogP contribution is 2.37. The Hall–Kier alpha value is -3.76. The number of nitrogens with zero attached hydrogens (tertiary/aromatic N) is 4. The fourth-order valence-corrected chi connectivity index (χ4v) is 4.03. The maximum atomic E-state index is 12.5. The molecular weight excluding hydrogens is 446 g/mol. The van der Waals surface area contributed by atoms with E-state index in [0.29, 0.717) is 35.5 Å². The normalized spacial score (nSPS) is 14.3. The topological polar surface area (TPSA) is 144 Å². The molecule has 35 heavy (non-hydrogen) atoms.